The van der Waals surface area contributed by atoms with Crippen molar-refractivity contribution in [1.82, 2.24) is 23.9 Å². The summed E-state index contributed by atoms with van der Waals surface area (Å²) < 4.78 is 28.9. The van der Waals surface area contributed by atoms with E-state index in [0.29, 0.717) is 49.4 Å². The summed E-state index contributed by atoms with van der Waals surface area (Å²) in [6.45, 7) is 5.99. The molecular formula is C38H45ClN6O3S. The van der Waals surface area contributed by atoms with Gasteiger partial charge in [0.1, 0.15) is 0 Å². The lowest BCUT2D eigenvalue weighted by molar-refractivity contribution is -0.130. The Labute approximate surface area is 294 Å². The number of fused-ring (bicyclic) bond motifs is 1. The first-order valence-corrected chi connectivity index (χ1v) is 19.7. The maximum Gasteiger partial charge on any atom is 0.222 e. The Bertz CT molecular complexity index is 1910. The van der Waals surface area contributed by atoms with E-state index < -0.39 is 10.0 Å². The van der Waals surface area contributed by atoms with E-state index in [-0.39, 0.29) is 0 Å². The molecule has 0 spiro atoms. The number of benzene rings is 3. The van der Waals surface area contributed by atoms with Crippen LogP contribution in [0.15, 0.2) is 72.8 Å². The van der Waals surface area contributed by atoms with Gasteiger partial charge in [0.25, 0.3) is 0 Å². The maximum atomic E-state index is 12.6. The maximum absolute atomic E-state index is 12.6. The molecule has 0 radical (unpaired) electrons. The van der Waals surface area contributed by atoms with Crippen molar-refractivity contribution < 1.29 is 13.2 Å². The molecule has 0 aliphatic carbocycles. The van der Waals surface area contributed by atoms with Gasteiger partial charge >= 0.3 is 0 Å². The van der Waals surface area contributed by atoms with Gasteiger partial charge in [-0.3, -0.25) is 9.48 Å². The van der Waals surface area contributed by atoms with Crippen molar-refractivity contribution in [2.75, 3.05) is 44.3 Å². The second-order valence-corrected chi connectivity index (χ2v) is 16.0. The standard InChI is InChI=1S/C38H45ClN6O3S/c1-49(47,48)43-23-17-36-34(27-43)38(41-45(36)20-7-18-42-21-15-33(16-22-42)44-19-6-12-37(44)46)30-13-14-35(39)31(24-30)26-40-32-11-5-10-29(25-32)28-8-3-2-4-9-28/h2-5,8-11,13-14,24-25,33,40H,6-7,12,15-23,26-27H2,1H3. The Kier molecular flexibility index (Phi) is 10.1. The predicted octanol–water partition coefficient (Wildman–Crippen LogP) is 6.28. The van der Waals surface area contributed by atoms with Gasteiger partial charge in [0.2, 0.25) is 15.9 Å². The quantitative estimate of drug-likeness (QED) is 0.198. The minimum atomic E-state index is -3.35. The van der Waals surface area contributed by atoms with Crippen molar-refractivity contribution >= 4 is 33.2 Å². The number of aryl methyl sites for hydroxylation is 1. The molecule has 2 saturated heterocycles. The lowest BCUT2D eigenvalue weighted by Crippen LogP contribution is -2.45. The molecule has 258 valence electrons. The van der Waals surface area contributed by atoms with Crippen molar-refractivity contribution in [3.05, 3.63) is 94.6 Å². The van der Waals surface area contributed by atoms with E-state index in [9.17, 15) is 13.2 Å². The number of rotatable bonds is 11. The largest absolute Gasteiger partial charge is 0.381 e. The third-order valence-corrected chi connectivity index (χ3v) is 11.9. The number of aromatic nitrogens is 2. The lowest BCUT2D eigenvalue weighted by Gasteiger charge is -2.36. The van der Waals surface area contributed by atoms with Crippen LogP contribution in [0.2, 0.25) is 5.02 Å². The molecule has 7 rings (SSSR count). The Balaban J connectivity index is 1.06. The zero-order valence-electron chi connectivity index (χ0n) is 28.2. The van der Waals surface area contributed by atoms with Crippen molar-refractivity contribution in [3.63, 3.8) is 0 Å². The summed E-state index contributed by atoms with van der Waals surface area (Å²) in [5.41, 5.74) is 8.10. The topological polar surface area (TPSA) is 90.8 Å². The molecule has 11 heteroatoms. The summed E-state index contributed by atoms with van der Waals surface area (Å²) in [5.74, 6) is 0.324. The van der Waals surface area contributed by atoms with Gasteiger partial charge in [0.15, 0.2) is 0 Å². The van der Waals surface area contributed by atoms with Crippen molar-refractivity contribution in [1.29, 1.82) is 0 Å². The number of likely N-dealkylation sites (tertiary alicyclic amines) is 2. The molecular weight excluding hydrogens is 656 g/mol. The fourth-order valence-electron chi connectivity index (χ4n) is 7.61. The number of hydrogen-bond acceptors (Lipinski definition) is 6. The predicted molar refractivity (Wildman–Crippen MR) is 196 cm³/mol. The van der Waals surface area contributed by atoms with Gasteiger partial charge in [-0.25, -0.2) is 8.42 Å². The zero-order chi connectivity index (χ0) is 34.0. The number of carbonyl (C=O) groups is 1. The summed E-state index contributed by atoms with van der Waals surface area (Å²) >= 11 is 6.73. The van der Waals surface area contributed by atoms with E-state index in [0.717, 1.165) is 103 Å². The fraction of sp³-hybridized carbons (Fsp3) is 0.421. The van der Waals surface area contributed by atoms with Gasteiger partial charge in [0, 0.05) is 92.2 Å². The average molecular weight is 701 g/mol. The number of nitrogens with one attached hydrogen (secondary N) is 1. The van der Waals surface area contributed by atoms with E-state index in [4.69, 9.17) is 16.7 Å². The van der Waals surface area contributed by atoms with Crippen LogP contribution in [0, 0.1) is 0 Å². The van der Waals surface area contributed by atoms with E-state index >= 15 is 0 Å². The Morgan fingerprint density at radius 1 is 0.878 bits per heavy atom. The van der Waals surface area contributed by atoms with Crippen molar-refractivity contribution in [2.45, 2.75) is 64.2 Å². The highest BCUT2D eigenvalue weighted by atomic mass is 35.5. The van der Waals surface area contributed by atoms with Crippen LogP contribution >= 0.6 is 11.6 Å². The number of carbonyl (C=O) groups excluding carboxylic acids is 1. The van der Waals surface area contributed by atoms with Crippen LogP contribution in [-0.4, -0.2) is 83.2 Å². The molecule has 3 aliphatic rings. The second kappa shape index (κ2) is 14.6. The van der Waals surface area contributed by atoms with Crippen LogP contribution in [0.4, 0.5) is 5.69 Å². The molecule has 1 aromatic heterocycles. The van der Waals surface area contributed by atoms with Gasteiger partial charge in [-0.15, -0.1) is 0 Å². The molecule has 4 aromatic rings. The molecule has 9 nitrogen and oxygen atoms in total. The molecule has 1 N–H and O–H groups in total. The Morgan fingerprint density at radius 3 is 2.43 bits per heavy atom. The van der Waals surface area contributed by atoms with Gasteiger partial charge < -0.3 is 15.1 Å². The van der Waals surface area contributed by atoms with Crippen molar-refractivity contribution in [3.8, 4) is 22.4 Å². The van der Waals surface area contributed by atoms with E-state index in [1.807, 2.05) is 36.4 Å². The molecule has 0 atom stereocenters. The van der Waals surface area contributed by atoms with E-state index in [1.54, 1.807) is 4.31 Å². The van der Waals surface area contributed by atoms with Crippen molar-refractivity contribution in [2.24, 2.45) is 0 Å². The van der Waals surface area contributed by atoms with Crippen LogP contribution in [-0.2, 0) is 40.9 Å². The average Bonchev–Trinajstić information content (AvgIpc) is 3.71. The smallest absolute Gasteiger partial charge is 0.222 e. The summed E-state index contributed by atoms with van der Waals surface area (Å²) in [6, 6.07) is 25.0. The molecule has 1 amide bonds. The van der Waals surface area contributed by atoms with Gasteiger partial charge in [-0.1, -0.05) is 60.1 Å². The summed E-state index contributed by atoms with van der Waals surface area (Å²) in [6.07, 6.45) is 6.65. The molecule has 3 aromatic carbocycles. The number of amides is 1. The normalized spacial score (nSPS) is 17.8. The number of piperidine rings is 1. The van der Waals surface area contributed by atoms with Gasteiger partial charge in [-0.05, 0) is 73.2 Å². The highest BCUT2D eigenvalue weighted by Gasteiger charge is 2.32. The summed E-state index contributed by atoms with van der Waals surface area (Å²) in [4.78, 5) is 16.8. The van der Waals surface area contributed by atoms with Gasteiger partial charge in [-0.2, -0.15) is 9.40 Å². The molecule has 0 unspecified atom stereocenters. The SMILES string of the molecule is CS(=O)(=O)N1CCc2c(c(-c3ccc(Cl)c(CNc4cccc(-c5ccccc5)c4)c3)nn2CCCN2CCC(N3CCCC3=O)CC2)C1. The highest BCUT2D eigenvalue weighted by molar-refractivity contribution is 7.88. The minimum absolute atomic E-state index is 0.314. The number of nitrogens with zero attached hydrogens (tertiary/aromatic N) is 5. The van der Waals surface area contributed by atoms with Crippen LogP contribution in [0.3, 0.4) is 0 Å². The first-order chi connectivity index (χ1) is 23.7. The van der Waals surface area contributed by atoms with Crippen LogP contribution < -0.4 is 5.32 Å². The zero-order valence-corrected chi connectivity index (χ0v) is 29.7. The monoisotopic (exact) mass is 700 g/mol. The van der Waals surface area contributed by atoms with Crippen LogP contribution in [0.5, 0.6) is 0 Å². The Hall–Kier alpha value is -3.70. The molecule has 49 heavy (non-hydrogen) atoms. The van der Waals surface area contributed by atoms with Crippen LogP contribution in [0.25, 0.3) is 22.4 Å². The summed E-state index contributed by atoms with van der Waals surface area (Å²) in [5, 5.41) is 9.35. The third kappa shape index (κ3) is 7.72. The number of anilines is 1. The first kappa shape index (κ1) is 33.8. The Morgan fingerprint density at radius 2 is 1.67 bits per heavy atom. The lowest BCUT2D eigenvalue weighted by atomic mass is 10.0. The summed E-state index contributed by atoms with van der Waals surface area (Å²) in [7, 11) is -3.35. The third-order valence-electron chi connectivity index (χ3n) is 10.3. The highest BCUT2D eigenvalue weighted by Crippen LogP contribution is 2.34. The fourth-order valence-corrected chi connectivity index (χ4v) is 8.58. The van der Waals surface area contributed by atoms with E-state index in [1.165, 1.54) is 6.26 Å². The van der Waals surface area contributed by atoms with E-state index in [2.05, 4.69) is 56.2 Å². The molecule has 0 bridgehead atoms. The van der Waals surface area contributed by atoms with Gasteiger partial charge in [0.05, 0.1) is 11.9 Å². The molecule has 3 aliphatic heterocycles. The molecule has 0 saturated carbocycles. The first-order valence-electron chi connectivity index (χ1n) is 17.5. The minimum Gasteiger partial charge on any atom is -0.381 e. The number of halogens is 1. The van der Waals surface area contributed by atoms with Crippen LogP contribution in [0.1, 0.15) is 48.9 Å². The number of sulfonamides is 1. The second-order valence-electron chi connectivity index (χ2n) is 13.6. The number of hydrogen-bond donors (Lipinski definition) is 1. The molecule has 4 heterocycles. The molecule has 2 fully saturated rings.